The predicted octanol–water partition coefficient (Wildman–Crippen LogP) is 2.86. The summed E-state index contributed by atoms with van der Waals surface area (Å²) >= 11 is 0. The van der Waals surface area contributed by atoms with Crippen molar-refractivity contribution < 1.29 is 4.74 Å². The van der Waals surface area contributed by atoms with Crippen molar-refractivity contribution >= 4 is 5.69 Å². The Bertz CT molecular complexity index is 326. The molecule has 0 aliphatic carbocycles. The Kier molecular flexibility index (Phi) is 5.12. The summed E-state index contributed by atoms with van der Waals surface area (Å²) in [5.41, 5.74) is 13.7. The molecule has 0 amide bonds. The number of anilines is 1. The highest BCUT2D eigenvalue weighted by Crippen LogP contribution is 2.26. The van der Waals surface area contributed by atoms with Crippen molar-refractivity contribution in [2.75, 3.05) is 12.3 Å². The minimum atomic E-state index is 0.00942. The van der Waals surface area contributed by atoms with Gasteiger partial charge in [0.05, 0.1) is 6.61 Å². The molecule has 4 N–H and O–H groups in total. The van der Waals surface area contributed by atoms with Gasteiger partial charge in [-0.1, -0.05) is 20.3 Å². The Morgan fingerprint density at radius 1 is 1.25 bits per heavy atom. The van der Waals surface area contributed by atoms with Gasteiger partial charge in [0.15, 0.2) is 0 Å². The molecule has 0 saturated heterocycles. The molecule has 0 radical (unpaired) electrons. The Hall–Kier alpha value is -1.22. The minimum Gasteiger partial charge on any atom is -0.494 e. The molecule has 1 rings (SSSR count). The summed E-state index contributed by atoms with van der Waals surface area (Å²) in [6, 6.07) is 5.74. The SMILES string of the molecule is CCCOc1ccc(N)c(C(N)CCC)c1. The molecule has 0 spiro atoms. The zero-order chi connectivity index (χ0) is 12.0. The monoisotopic (exact) mass is 222 g/mol. The van der Waals surface area contributed by atoms with E-state index in [4.69, 9.17) is 16.2 Å². The van der Waals surface area contributed by atoms with Gasteiger partial charge in [-0.15, -0.1) is 0 Å². The van der Waals surface area contributed by atoms with Crippen LogP contribution in [0, 0.1) is 0 Å². The molecule has 0 aliphatic rings. The van der Waals surface area contributed by atoms with Crippen molar-refractivity contribution in [3.05, 3.63) is 23.8 Å². The summed E-state index contributed by atoms with van der Waals surface area (Å²) < 4.78 is 5.57. The molecule has 1 unspecified atom stereocenters. The molecule has 3 nitrogen and oxygen atoms in total. The lowest BCUT2D eigenvalue weighted by molar-refractivity contribution is 0.317. The number of benzene rings is 1. The first-order chi connectivity index (χ1) is 7.69. The molecule has 0 saturated carbocycles. The Labute approximate surface area is 97.8 Å². The maximum Gasteiger partial charge on any atom is 0.119 e. The van der Waals surface area contributed by atoms with E-state index in [1.807, 2.05) is 18.2 Å². The molecular weight excluding hydrogens is 200 g/mol. The second-order valence-electron chi connectivity index (χ2n) is 4.03. The van der Waals surface area contributed by atoms with Crippen LogP contribution in [0.3, 0.4) is 0 Å². The number of nitrogens with two attached hydrogens (primary N) is 2. The molecule has 0 aromatic heterocycles. The Morgan fingerprint density at radius 3 is 2.62 bits per heavy atom. The van der Waals surface area contributed by atoms with Gasteiger partial charge in [-0.2, -0.15) is 0 Å². The first-order valence-corrected chi connectivity index (χ1v) is 5.96. The molecule has 0 fully saturated rings. The highest BCUT2D eigenvalue weighted by Gasteiger charge is 2.09. The smallest absolute Gasteiger partial charge is 0.119 e. The Morgan fingerprint density at radius 2 is 2.00 bits per heavy atom. The van der Waals surface area contributed by atoms with E-state index >= 15 is 0 Å². The maximum absolute atomic E-state index is 6.07. The van der Waals surface area contributed by atoms with Crippen LogP contribution in [0.15, 0.2) is 18.2 Å². The van der Waals surface area contributed by atoms with Crippen LogP contribution in [0.4, 0.5) is 5.69 Å². The quantitative estimate of drug-likeness (QED) is 0.727. The number of ether oxygens (including phenoxy) is 1. The van der Waals surface area contributed by atoms with Crippen molar-refractivity contribution in [1.29, 1.82) is 0 Å². The third-order valence-electron chi connectivity index (χ3n) is 2.53. The van der Waals surface area contributed by atoms with Gasteiger partial charge in [-0.25, -0.2) is 0 Å². The largest absolute Gasteiger partial charge is 0.494 e. The normalized spacial score (nSPS) is 12.4. The van der Waals surface area contributed by atoms with Gasteiger partial charge in [0.1, 0.15) is 5.75 Å². The van der Waals surface area contributed by atoms with E-state index < -0.39 is 0 Å². The maximum atomic E-state index is 6.07. The van der Waals surface area contributed by atoms with Crippen molar-refractivity contribution in [3.63, 3.8) is 0 Å². The summed E-state index contributed by atoms with van der Waals surface area (Å²) in [6.45, 7) is 4.93. The fraction of sp³-hybridized carbons (Fsp3) is 0.538. The summed E-state index contributed by atoms with van der Waals surface area (Å²) in [6.07, 6.45) is 3.00. The lowest BCUT2D eigenvalue weighted by Gasteiger charge is -2.15. The van der Waals surface area contributed by atoms with E-state index in [1.165, 1.54) is 0 Å². The van der Waals surface area contributed by atoms with Crippen LogP contribution in [0.1, 0.15) is 44.7 Å². The highest BCUT2D eigenvalue weighted by atomic mass is 16.5. The van der Waals surface area contributed by atoms with Crippen LogP contribution in [0.5, 0.6) is 5.75 Å². The van der Waals surface area contributed by atoms with Crippen molar-refractivity contribution in [3.8, 4) is 5.75 Å². The molecule has 0 bridgehead atoms. The molecular formula is C13H22N2O. The topological polar surface area (TPSA) is 61.3 Å². The van der Waals surface area contributed by atoms with Crippen LogP contribution in [0.25, 0.3) is 0 Å². The standard InChI is InChI=1S/C13H22N2O/c1-3-5-12(14)11-9-10(16-8-4-2)6-7-13(11)15/h6-7,9,12H,3-5,8,14-15H2,1-2H3. The molecule has 16 heavy (non-hydrogen) atoms. The molecule has 3 heteroatoms. The second kappa shape index (κ2) is 6.38. The van der Waals surface area contributed by atoms with Gasteiger partial charge in [0, 0.05) is 11.7 Å². The molecule has 90 valence electrons. The van der Waals surface area contributed by atoms with Gasteiger partial charge in [0.2, 0.25) is 0 Å². The van der Waals surface area contributed by atoms with Crippen LogP contribution in [-0.4, -0.2) is 6.61 Å². The molecule has 1 aromatic rings. The summed E-state index contributed by atoms with van der Waals surface area (Å²) in [5.74, 6) is 0.859. The van der Waals surface area contributed by atoms with Gasteiger partial charge in [-0.3, -0.25) is 0 Å². The second-order valence-corrected chi connectivity index (χ2v) is 4.03. The summed E-state index contributed by atoms with van der Waals surface area (Å²) in [4.78, 5) is 0. The van der Waals surface area contributed by atoms with Crippen LogP contribution in [-0.2, 0) is 0 Å². The lowest BCUT2D eigenvalue weighted by atomic mass is 10.0. The fourth-order valence-corrected chi connectivity index (χ4v) is 1.65. The number of nitrogen functional groups attached to an aromatic ring is 1. The first-order valence-electron chi connectivity index (χ1n) is 5.96. The van der Waals surface area contributed by atoms with Gasteiger partial charge in [-0.05, 0) is 36.6 Å². The summed E-state index contributed by atoms with van der Waals surface area (Å²) in [7, 11) is 0. The van der Waals surface area contributed by atoms with Gasteiger partial charge < -0.3 is 16.2 Å². The van der Waals surface area contributed by atoms with E-state index in [-0.39, 0.29) is 6.04 Å². The minimum absolute atomic E-state index is 0.00942. The van der Waals surface area contributed by atoms with E-state index in [0.29, 0.717) is 0 Å². The van der Waals surface area contributed by atoms with Crippen molar-refractivity contribution in [2.24, 2.45) is 5.73 Å². The first kappa shape index (κ1) is 12.8. The van der Waals surface area contributed by atoms with Crippen molar-refractivity contribution in [1.82, 2.24) is 0 Å². The molecule has 1 aromatic carbocycles. The van der Waals surface area contributed by atoms with E-state index in [9.17, 15) is 0 Å². The molecule has 1 atom stereocenters. The predicted molar refractivity (Wildman–Crippen MR) is 68.5 cm³/mol. The van der Waals surface area contributed by atoms with Crippen LogP contribution >= 0.6 is 0 Å². The average Bonchev–Trinajstić information content (AvgIpc) is 2.28. The number of rotatable bonds is 6. The number of hydrogen-bond donors (Lipinski definition) is 2. The lowest BCUT2D eigenvalue weighted by Crippen LogP contribution is -2.12. The van der Waals surface area contributed by atoms with Gasteiger partial charge in [0.25, 0.3) is 0 Å². The highest BCUT2D eigenvalue weighted by molar-refractivity contribution is 5.52. The Balaban J connectivity index is 2.81. The van der Waals surface area contributed by atoms with E-state index in [2.05, 4.69) is 13.8 Å². The average molecular weight is 222 g/mol. The third-order valence-corrected chi connectivity index (χ3v) is 2.53. The zero-order valence-electron chi connectivity index (χ0n) is 10.2. The zero-order valence-corrected chi connectivity index (χ0v) is 10.2. The molecule has 0 heterocycles. The van der Waals surface area contributed by atoms with Gasteiger partial charge >= 0.3 is 0 Å². The third kappa shape index (κ3) is 3.42. The fourth-order valence-electron chi connectivity index (χ4n) is 1.65. The number of hydrogen-bond acceptors (Lipinski definition) is 3. The van der Waals surface area contributed by atoms with Crippen molar-refractivity contribution in [2.45, 2.75) is 39.2 Å². The van der Waals surface area contributed by atoms with E-state index in [1.54, 1.807) is 0 Å². The van der Waals surface area contributed by atoms with E-state index in [0.717, 1.165) is 42.9 Å². The van der Waals surface area contributed by atoms with Crippen LogP contribution < -0.4 is 16.2 Å². The van der Waals surface area contributed by atoms with Crippen LogP contribution in [0.2, 0.25) is 0 Å². The summed E-state index contributed by atoms with van der Waals surface area (Å²) in [5, 5.41) is 0. The molecule has 0 aliphatic heterocycles.